The molecular formula is C14H19BrClNO. The predicted octanol–water partition coefficient (Wildman–Crippen LogP) is 3.98. The first-order valence-electron chi connectivity index (χ1n) is 6.27. The number of ketones is 1. The zero-order valence-electron chi connectivity index (χ0n) is 10.4. The van der Waals surface area contributed by atoms with Gasteiger partial charge in [0.15, 0.2) is 5.78 Å². The van der Waals surface area contributed by atoms with Gasteiger partial charge in [-0.3, -0.25) is 4.79 Å². The van der Waals surface area contributed by atoms with Crippen LogP contribution in [0.2, 0.25) is 5.02 Å². The second kappa shape index (κ2) is 7.93. The molecule has 0 amide bonds. The Kier molecular flexibility index (Phi) is 6.90. The van der Waals surface area contributed by atoms with Gasteiger partial charge in [-0.25, -0.2) is 0 Å². The minimum absolute atomic E-state index is 0. The number of hydrogen-bond donors (Lipinski definition) is 0. The number of carbonyl (C=O) groups is 1. The van der Waals surface area contributed by atoms with Crippen LogP contribution >= 0.6 is 28.6 Å². The second-order valence-electron chi connectivity index (χ2n) is 4.58. The van der Waals surface area contributed by atoms with E-state index in [-0.39, 0.29) is 22.8 Å². The molecule has 1 aliphatic rings. The molecule has 1 saturated heterocycles. The maximum Gasteiger partial charge on any atom is 0.164 e. The summed E-state index contributed by atoms with van der Waals surface area (Å²) in [6.45, 7) is 3.18. The molecule has 1 aromatic rings. The Bertz CT molecular complexity index is 374. The van der Waals surface area contributed by atoms with Crippen LogP contribution in [0.15, 0.2) is 24.3 Å². The van der Waals surface area contributed by atoms with E-state index < -0.39 is 0 Å². The van der Waals surface area contributed by atoms with Gasteiger partial charge in [-0.2, -0.15) is 0 Å². The molecule has 1 fully saturated rings. The molecule has 0 bridgehead atoms. The van der Waals surface area contributed by atoms with Crippen LogP contribution in [0.1, 0.15) is 36.0 Å². The molecule has 1 heterocycles. The molecule has 0 aromatic heterocycles. The smallest absolute Gasteiger partial charge is 0.164 e. The Balaban J connectivity index is 0.00000162. The van der Waals surface area contributed by atoms with Gasteiger partial charge < -0.3 is 4.90 Å². The summed E-state index contributed by atoms with van der Waals surface area (Å²) in [5.41, 5.74) is 0.770. The molecule has 0 atom stereocenters. The molecule has 4 heteroatoms. The van der Waals surface area contributed by atoms with Crippen molar-refractivity contribution in [2.75, 3.05) is 19.6 Å². The highest BCUT2D eigenvalue weighted by molar-refractivity contribution is 8.93. The Labute approximate surface area is 124 Å². The maximum atomic E-state index is 11.9. The normalized spacial score (nSPS) is 16.1. The molecule has 0 N–H and O–H groups in total. The van der Waals surface area contributed by atoms with Crippen molar-refractivity contribution in [3.8, 4) is 0 Å². The third-order valence-electron chi connectivity index (χ3n) is 3.27. The lowest BCUT2D eigenvalue weighted by atomic mass is 10.1. The lowest BCUT2D eigenvalue weighted by molar-refractivity contribution is 0.0958. The van der Waals surface area contributed by atoms with E-state index in [0.717, 1.165) is 25.2 Å². The summed E-state index contributed by atoms with van der Waals surface area (Å²) in [6.07, 6.45) is 4.49. The van der Waals surface area contributed by atoms with E-state index in [1.165, 1.54) is 19.3 Å². The largest absolute Gasteiger partial charge is 0.303 e. The van der Waals surface area contributed by atoms with Crippen molar-refractivity contribution in [2.24, 2.45) is 0 Å². The number of benzene rings is 1. The summed E-state index contributed by atoms with van der Waals surface area (Å²) < 4.78 is 0. The summed E-state index contributed by atoms with van der Waals surface area (Å²) >= 11 is 5.80. The molecular weight excluding hydrogens is 314 g/mol. The average Bonchev–Trinajstić information content (AvgIpc) is 2.38. The van der Waals surface area contributed by atoms with Gasteiger partial charge in [0.25, 0.3) is 0 Å². The highest BCUT2D eigenvalue weighted by atomic mass is 79.9. The van der Waals surface area contributed by atoms with Crippen LogP contribution in [-0.2, 0) is 0 Å². The van der Waals surface area contributed by atoms with Crippen molar-refractivity contribution < 1.29 is 4.79 Å². The van der Waals surface area contributed by atoms with Gasteiger partial charge in [0.1, 0.15) is 0 Å². The van der Waals surface area contributed by atoms with Crippen molar-refractivity contribution in [1.82, 2.24) is 4.90 Å². The SMILES string of the molecule is Br.O=C(CCN1CCCCC1)c1ccc(Cl)cc1. The van der Waals surface area contributed by atoms with E-state index in [9.17, 15) is 4.79 Å². The van der Waals surface area contributed by atoms with E-state index in [1.807, 2.05) is 0 Å². The van der Waals surface area contributed by atoms with E-state index in [0.29, 0.717) is 11.4 Å². The highest BCUT2D eigenvalue weighted by Gasteiger charge is 2.12. The predicted molar refractivity (Wildman–Crippen MR) is 81.0 cm³/mol. The number of Topliss-reactive ketones (excluding diaryl/α,β-unsaturated/α-hetero) is 1. The Morgan fingerprint density at radius 3 is 2.33 bits per heavy atom. The average molecular weight is 333 g/mol. The van der Waals surface area contributed by atoms with Gasteiger partial charge in [-0.1, -0.05) is 18.0 Å². The zero-order chi connectivity index (χ0) is 12.1. The highest BCUT2D eigenvalue weighted by Crippen LogP contribution is 2.13. The molecule has 1 aromatic carbocycles. The molecule has 2 rings (SSSR count). The molecule has 0 radical (unpaired) electrons. The van der Waals surface area contributed by atoms with E-state index in [1.54, 1.807) is 24.3 Å². The Hall–Kier alpha value is -0.380. The van der Waals surface area contributed by atoms with Crippen molar-refractivity contribution in [3.63, 3.8) is 0 Å². The van der Waals surface area contributed by atoms with Gasteiger partial charge in [0.2, 0.25) is 0 Å². The molecule has 18 heavy (non-hydrogen) atoms. The topological polar surface area (TPSA) is 20.3 Å². The number of hydrogen-bond acceptors (Lipinski definition) is 2. The van der Waals surface area contributed by atoms with Crippen LogP contribution in [0.5, 0.6) is 0 Å². The number of piperidine rings is 1. The minimum Gasteiger partial charge on any atom is -0.303 e. The maximum absolute atomic E-state index is 11.9. The van der Waals surface area contributed by atoms with E-state index in [4.69, 9.17) is 11.6 Å². The van der Waals surface area contributed by atoms with Gasteiger partial charge in [-0.15, -0.1) is 17.0 Å². The van der Waals surface area contributed by atoms with Crippen LogP contribution in [0.4, 0.5) is 0 Å². The molecule has 0 spiro atoms. The first-order chi connectivity index (χ1) is 8.25. The Morgan fingerprint density at radius 1 is 1.11 bits per heavy atom. The van der Waals surface area contributed by atoms with Gasteiger partial charge in [0, 0.05) is 23.6 Å². The quantitative estimate of drug-likeness (QED) is 0.777. The molecule has 0 aliphatic carbocycles. The number of likely N-dealkylation sites (tertiary alicyclic amines) is 1. The first kappa shape index (κ1) is 15.7. The van der Waals surface area contributed by atoms with Crippen LogP contribution < -0.4 is 0 Å². The fraction of sp³-hybridized carbons (Fsp3) is 0.500. The number of carbonyl (C=O) groups excluding carboxylic acids is 1. The summed E-state index contributed by atoms with van der Waals surface area (Å²) in [4.78, 5) is 14.3. The summed E-state index contributed by atoms with van der Waals surface area (Å²) in [6, 6.07) is 7.16. The van der Waals surface area contributed by atoms with Crippen LogP contribution in [0.25, 0.3) is 0 Å². The lowest BCUT2D eigenvalue weighted by Gasteiger charge is -2.25. The molecule has 1 aliphatic heterocycles. The van der Waals surface area contributed by atoms with E-state index in [2.05, 4.69) is 4.90 Å². The summed E-state index contributed by atoms with van der Waals surface area (Å²) in [5, 5.41) is 0.678. The number of nitrogens with zero attached hydrogens (tertiary/aromatic N) is 1. The monoisotopic (exact) mass is 331 g/mol. The van der Waals surface area contributed by atoms with Crippen LogP contribution in [-0.4, -0.2) is 30.3 Å². The van der Waals surface area contributed by atoms with Crippen molar-refractivity contribution in [3.05, 3.63) is 34.9 Å². The third-order valence-corrected chi connectivity index (χ3v) is 3.52. The standard InChI is InChI=1S/C14H18ClNO.BrH/c15-13-6-4-12(5-7-13)14(17)8-11-16-9-2-1-3-10-16;/h4-7H,1-3,8-11H2;1H. The van der Waals surface area contributed by atoms with Gasteiger partial charge >= 0.3 is 0 Å². The van der Waals surface area contributed by atoms with Gasteiger partial charge in [-0.05, 0) is 50.2 Å². The summed E-state index contributed by atoms with van der Waals surface area (Å²) in [5.74, 6) is 0.215. The number of rotatable bonds is 4. The van der Waals surface area contributed by atoms with Crippen molar-refractivity contribution >= 4 is 34.4 Å². The Morgan fingerprint density at radius 2 is 1.72 bits per heavy atom. The van der Waals surface area contributed by atoms with Crippen molar-refractivity contribution in [1.29, 1.82) is 0 Å². The fourth-order valence-electron chi connectivity index (χ4n) is 2.22. The first-order valence-corrected chi connectivity index (χ1v) is 6.64. The third kappa shape index (κ3) is 4.71. The number of halogens is 2. The summed E-state index contributed by atoms with van der Waals surface area (Å²) in [7, 11) is 0. The zero-order valence-corrected chi connectivity index (χ0v) is 12.9. The minimum atomic E-state index is 0. The molecule has 100 valence electrons. The van der Waals surface area contributed by atoms with E-state index >= 15 is 0 Å². The molecule has 0 unspecified atom stereocenters. The van der Waals surface area contributed by atoms with Crippen LogP contribution in [0, 0.1) is 0 Å². The van der Waals surface area contributed by atoms with Crippen molar-refractivity contribution in [2.45, 2.75) is 25.7 Å². The van der Waals surface area contributed by atoms with Gasteiger partial charge in [0.05, 0.1) is 0 Å². The second-order valence-corrected chi connectivity index (χ2v) is 5.02. The lowest BCUT2D eigenvalue weighted by Crippen LogP contribution is -2.31. The molecule has 2 nitrogen and oxygen atoms in total. The van der Waals surface area contributed by atoms with Crippen LogP contribution in [0.3, 0.4) is 0 Å². The molecule has 0 saturated carbocycles. The fourth-order valence-corrected chi connectivity index (χ4v) is 2.35.